The van der Waals surface area contributed by atoms with Gasteiger partial charge in [-0.25, -0.2) is 9.37 Å². The molecule has 1 saturated carbocycles. The molecule has 1 fully saturated rings. The Labute approximate surface area is 127 Å². The van der Waals surface area contributed by atoms with Gasteiger partial charge in [-0.2, -0.15) is 0 Å². The first kappa shape index (κ1) is 13.5. The highest BCUT2D eigenvalue weighted by Gasteiger charge is 2.39. The number of carbonyl (C=O) groups is 1. The number of carboxylic acids is 1. The van der Waals surface area contributed by atoms with Gasteiger partial charge in [-0.3, -0.25) is 4.79 Å². The molecule has 1 N–H and O–H groups in total. The summed E-state index contributed by atoms with van der Waals surface area (Å²) >= 11 is 0. The molecule has 4 nitrogen and oxygen atoms in total. The number of nitrogens with zero attached hydrogens (tertiary/aromatic N) is 2. The summed E-state index contributed by atoms with van der Waals surface area (Å²) in [6, 6.07) is 5.13. The van der Waals surface area contributed by atoms with E-state index in [1.165, 1.54) is 6.07 Å². The number of hydrogen-bond acceptors (Lipinski definition) is 2. The molecular formula is C17H17FN2O2. The van der Waals surface area contributed by atoms with Crippen molar-refractivity contribution >= 4 is 5.97 Å². The van der Waals surface area contributed by atoms with Gasteiger partial charge in [-0.1, -0.05) is 12.1 Å². The smallest absolute Gasteiger partial charge is 0.306 e. The van der Waals surface area contributed by atoms with E-state index in [1.807, 2.05) is 6.07 Å². The molecule has 1 aliphatic carbocycles. The Morgan fingerprint density at radius 1 is 1.27 bits per heavy atom. The number of aromatic nitrogens is 2. The maximum atomic E-state index is 14.4. The minimum atomic E-state index is -0.709. The van der Waals surface area contributed by atoms with Crippen LogP contribution in [-0.4, -0.2) is 20.6 Å². The Balaban J connectivity index is 1.70. The van der Waals surface area contributed by atoms with Gasteiger partial charge in [0.1, 0.15) is 5.82 Å². The van der Waals surface area contributed by atoms with E-state index in [9.17, 15) is 9.18 Å². The first-order valence-corrected chi connectivity index (χ1v) is 7.70. The van der Waals surface area contributed by atoms with Crippen LogP contribution in [0.1, 0.15) is 37.3 Å². The first-order valence-electron chi connectivity index (χ1n) is 7.70. The van der Waals surface area contributed by atoms with Gasteiger partial charge in [-0.05, 0) is 37.7 Å². The second-order valence-corrected chi connectivity index (χ2v) is 6.28. The largest absolute Gasteiger partial charge is 0.481 e. The topological polar surface area (TPSA) is 55.1 Å². The summed E-state index contributed by atoms with van der Waals surface area (Å²) in [5.74, 6) is -0.868. The predicted molar refractivity (Wildman–Crippen MR) is 78.8 cm³/mol. The lowest BCUT2D eigenvalue weighted by Gasteiger charge is -2.32. The zero-order chi connectivity index (χ0) is 15.3. The Morgan fingerprint density at radius 3 is 2.77 bits per heavy atom. The predicted octanol–water partition coefficient (Wildman–Crippen LogP) is 3.48. The molecule has 1 aromatic heterocycles. The molecule has 5 heteroatoms. The molecule has 0 amide bonds. The molecule has 0 unspecified atom stereocenters. The maximum Gasteiger partial charge on any atom is 0.306 e. The summed E-state index contributed by atoms with van der Waals surface area (Å²) in [7, 11) is 0. The van der Waals surface area contributed by atoms with Gasteiger partial charge < -0.3 is 9.67 Å². The van der Waals surface area contributed by atoms with Crippen LogP contribution in [0.2, 0.25) is 0 Å². The van der Waals surface area contributed by atoms with Gasteiger partial charge in [-0.15, -0.1) is 0 Å². The number of fused-ring (bicyclic) bond motifs is 3. The van der Waals surface area contributed by atoms with Crippen LogP contribution in [0.4, 0.5) is 4.39 Å². The number of rotatable bonds is 2. The minimum Gasteiger partial charge on any atom is -0.481 e. The second kappa shape index (κ2) is 4.93. The van der Waals surface area contributed by atoms with Gasteiger partial charge in [0.2, 0.25) is 0 Å². The number of halogens is 1. The van der Waals surface area contributed by atoms with E-state index in [2.05, 4.69) is 9.55 Å². The van der Waals surface area contributed by atoms with Crippen molar-refractivity contribution < 1.29 is 14.3 Å². The van der Waals surface area contributed by atoms with Crippen molar-refractivity contribution in [2.24, 2.45) is 11.8 Å². The lowest BCUT2D eigenvalue weighted by atomic mass is 9.76. The average Bonchev–Trinajstić information content (AvgIpc) is 3.09. The van der Waals surface area contributed by atoms with Gasteiger partial charge in [0.05, 0.1) is 30.2 Å². The number of carboxylic acid groups (broad SMARTS) is 1. The molecule has 2 heterocycles. The molecule has 0 spiro atoms. The summed E-state index contributed by atoms with van der Waals surface area (Å²) in [5, 5.41) is 9.14. The van der Waals surface area contributed by atoms with Gasteiger partial charge in [0, 0.05) is 11.1 Å². The highest BCUT2D eigenvalue weighted by atomic mass is 19.1. The minimum absolute atomic E-state index is 0.0524. The van der Waals surface area contributed by atoms with E-state index >= 15 is 0 Å². The zero-order valence-corrected chi connectivity index (χ0v) is 12.1. The summed E-state index contributed by atoms with van der Waals surface area (Å²) in [4.78, 5) is 15.3. The van der Waals surface area contributed by atoms with Crippen molar-refractivity contribution in [2.45, 2.75) is 31.7 Å². The molecule has 2 aliphatic rings. The van der Waals surface area contributed by atoms with Crippen LogP contribution in [0.3, 0.4) is 0 Å². The van der Waals surface area contributed by atoms with Crippen molar-refractivity contribution in [1.29, 1.82) is 0 Å². The summed E-state index contributed by atoms with van der Waals surface area (Å²) in [5.41, 5.74) is 2.63. The maximum absolute atomic E-state index is 14.4. The average molecular weight is 300 g/mol. The summed E-state index contributed by atoms with van der Waals surface area (Å²) < 4.78 is 16.5. The lowest BCUT2D eigenvalue weighted by Crippen LogP contribution is -2.27. The highest BCUT2D eigenvalue weighted by molar-refractivity contribution is 5.70. The van der Waals surface area contributed by atoms with Crippen LogP contribution in [0.5, 0.6) is 0 Å². The van der Waals surface area contributed by atoms with Crippen LogP contribution >= 0.6 is 0 Å². The molecule has 1 aromatic carbocycles. The number of benzene rings is 1. The van der Waals surface area contributed by atoms with Gasteiger partial charge in [0.25, 0.3) is 0 Å². The molecule has 0 bridgehead atoms. The molecule has 2 aromatic rings. The fraction of sp³-hybridized carbons (Fsp3) is 0.412. The fourth-order valence-electron chi connectivity index (χ4n) is 4.08. The van der Waals surface area contributed by atoms with Gasteiger partial charge >= 0.3 is 5.97 Å². The number of aliphatic carboxylic acids is 1. The Morgan fingerprint density at radius 2 is 2.05 bits per heavy atom. The molecule has 0 saturated heterocycles. The normalized spacial score (nSPS) is 26.5. The van der Waals surface area contributed by atoms with Gasteiger partial charge in [0.15, 0.2) is 0 Å². The monoisotopic (exact) mass is 300 g/mol. The zero-order valence-electron chi connectivity index (χ0n) is 12.1. The highest BCUT2D eigenvalue weighted by Crippen LogP contribution is 2.48. The van der Waals surface area contributed by atoms with Crippen molar-refractivity contribution in [3.8, 4) is 11.3 Å². The Hall–Kier alpha value is -2.17. The van der Waals surface area contributed by atoms with Crippen LogP contribution < -0.4 is 0 Å². The number of hydrogen-bond donors (Lipinski definition) is 1. The van der Waals surface area contributed by atoms with Crippen LogP contribution in [0.25, 0.3) is 11.3 Å². The molecule has 4 rings (SSSR count). The third-order valence-corrected chi connectivity index (χ3v) is 5.16. The van der Waals surface area contributed by atoms with E-state index in [4.69, 9.17) is 5.11 Å². The van der Waals surface area contributed by atoms with E-state index in [1.54, 1.807) is 18.6 Å². The van der Waals surface area contributed by atoms with E-state index < -0.39 is 5.97 Å². The van der Waals surface area contributed by atoms with Crippen LogP contribution in [0.15, 0.2) is 30.7 Å². The van der Waals surface area contributed by atoms with Crippen molar-refractivity contribution in [3.05, 3.63) is 42.1 Å². The molecule has 114 valence electrons. The van der Waals surface area contributed by atoms with Crippen molar-refractivity contribution in [1.82, 2.24) is 9.55 Å². The van der Waals surface area contributed by atoms with E-state index in [-0.39, 0.29) is 23.7 Å². The Kier molecular flexibility index (Phi) is 3.03. The molecule has 0 radical (unpaired) electrons. The molecule has 1 aliphatic heterocycles. The first-order chi connectivity index (χ1) is 10.7. The van der Waals surface area contributed by atoms with E-state index in [0.717, 1.165) is 29.7 Å². The quantitative estimate of drug-likeness (QED) is 0.923. The fourth-order valence-corrected chi connectivity index (χ4v) is 4.08. The van der Waals surface area contributed by atoms with Crippen LogP contribution in [0, 0.1) is 17.7 Å². The number of imidazole rings is 1. The van der Waals surface area contributed by atoms with Crippen molar-refractivity contribution in [2.75, 3.05) is 0 Å². The van der Waals surface area contributed by atoms with Crippen LogP contribution in [-0.2, 0) is 4.79 Å². The summed E-state index contributed by atoms with van der Waals surface area (Å²) in [6.07, 6.45) is 6.51. The van der Waals surface area contributed by atoms with E-state index in [0.29, 0.717) is 12.8 Å². The second-order valence-electron chi connectivity index (χ2n) is 6.28. The molecular weight excluding hydrogens is 283 g/mol. The lowest BCUT2D eigenvalue weighted by molar-refractivity contribution is -0.143. The molecule has 22 heavy (non-hydrogen) atoms. The third kappa shape index (κ3) is 1.88. The van der Waals surface area contributed by atoms with Crippen molar-refractivity contribution in [3.63, 3.8) is 0 Å². The molecule has 1 atom stereocenters. The SMILES string of the molecule is O=C(O)C1CCC([C@@H]2c3c(F)cccc3-c3cncn32)CC1. The standard InChI is InChI=1S/C17H17FN2O2/c18-13-3-1-2-12-14-8-19-9-20(14)16(15(12)13)10-4-6-11(7-5-10)17(21)22/h1-3,8-11,16H,4-7H2,(H,21,22)/t10?,11?,16-/m1/s1. The summed E-state index contributed by atoms with van der Waals surface area (Å²) in [6.45, 7) is 0. The third-order valence-electron chi connectivity index (χ3n) is 5.16. The Bertz CT molecular complexity index is 732.